The summed E-state index contributed by atoms with van der Waals surface area (Å²) in [5.41, 5.74) is 1.67. The first-order chi connectivity index (χ1) is 13.9. The topological polar surface area (TPSA) is 47.9 Å². The maximum atomic E-state index is 14.5. The second kappa shape index (κ2) is 10.7. The summed E-state index contributed by atoms with van der Waals surface area (Å²) in [5, 5.41) is 4.07. The summed E-state index contributed by atoms with van der Waals surface area (Å²) in [6.07, 6.45) is 4.78. The van der Waals surface area contributed by atoms with E-state index in [2.05, 4.69) is 17.0 Å². The van der Waals surface area contributed by atoms with Crippen LogP contribution in [0.2, 0.25) is 0 Å². The van der Waals surface area contributed by atoms with Crippen molar-refractivity contribution in [2.45, 2.75) is 64.2 Å². The predicted molar refractivity (Wildman–Crippen MR) is 117 cm³/mol. The Kier molecular flexibility index (Phi) is 8.58. The van der Waals surface area contributed by atoms with Gasteiger partial charge < -0.3 is 9.57 Å². The quantitative estimate of drug-likeness (QED) is 0.471. The van der Waals surface area contributed by atoms with Gasteiger partial charge in [0.1, 0.15) is 16.7 Å². The Hall–Kier alpha value is -2.00. The van der Waals surface area contributed by atoms with Gasteiger partial charge in [-0.25, -0.2) is 4.39 Å². The monoisotopic (exact) mass is 419 g/mol. The first-order valence-electron chi connectivity index (χ1n) is 10.2. The molecule has 0 bridgehead atoms. The number of esters is 1. The molecule has 1 aliphatic carbocycles. The molecule has 2 atom stereocenters. The lowest BCUT2D eigenvalue weighted by atomic mass is 9.96. The van der Waals surface area contributed by atoms with Crippen LogP contribution in [0.5, 0.6) is 0 Å². The van der Waals surface area contributed by atoms with Crippen molar-refractivity contribution in [1.82, 2.24) is 0 Å². The fraction of sp³-hybridized carbons (Fsp3) is 0.565. The van der Waals surface area contributed by atoms with Crippen LogP contribution >= 0.6 is 11.8 Å². The van der Waals surface area contributed by atoms with E-state index in [1.54, 1.807) is 13.0 Å². The van der Waals surface area contributed by atoms with E-state index in [4.69, 9.17) is 9.57 Å². The molecule has 1 aromatic carbocycles. The molecule has 0 radical (unpaired) electrons. The van der Waals surface area contributed by atoms with Gasteiger partial charge in [0.15, 0.2) is 0 Å². The van der Waals surface area contributed by atoms with E-state index in [9.17, 15) is 9.18 Å². The molecule has 4 nitrogen and oxygen atoms in total. The molecule has 2 unspecified atom stereocenters. The zero-order valence-corrected chi connectivity index (χ0v) is 18.7. The van der Waals surface area contributed by atoms with Crippen LogP contribution in [-0.4, -0.2) is 35.4 Å². The predicted octanol–water partition coefficient (Wildman–Crippen LogP) is 5.18. The molecular weight excluding hydrogens is 389 g/mol. The molecule has 0 saturated heterocycles. The molecule has 29 heavy (non-hydrogen) atoms. The summed E-state index contributed by atoms with van der Waals surface area (Å²) in [7, 11) is 0. The summed E-state index contributed by atoms with van der Waals surface area (Å²) in [4.78, 5) is 17.7. The number of ether oxygens (including phenoxy) is 1. The van der Waals surface area contributed by atoms with Crippen LogP contribution in [0, 0.1) is 23.6 Å². The number of carbonyl (C=O) groups is 1. The summed E-state index contributed by atoms with van der Waals surface area (Å²) in [6.45, 7) is 7.96. The van der Waals surface area contributed by atoms with E-state index in [1.807, 2.05) is 33.1 Å². The van der Waals surface area contributed by atoms with E-state index in [0.29, 0.717) is 42.2 Å². The lowest BCUT2D eigenvalue weighted by Crippen LogP contribution is -2.37. The van der Waals surface area contributed by atoms with Crippen molar-refractivity contribution >= 4 is 23.4 Å². The van der Waals surface area contributed by atoms with Gasteiger partial charge in [0.05, 0.1) is 12.3 Å². The highest BCUT2D eigenvalue weighted by atomic mass is 32.2. The normalized spacial score (nSPS) is 19.5. The number of benzene rings is 1. The number of carbonyl (C=O) groups excluding carboxylic acids is 1. The lowest BCUT2D eigenvalue weighted by molar-refractivity contribution is -0.146. The Morgan fingerprint density at radius 1 is 1.41 bits per heavy atom. The minimum absolute atomic E-state index is 0.265. The van der Waals surface area contributed by atoms with Crippen LogP contribution in [0.1, 0.15) is 64.5 Å². The zero-order chi connectivity index (χ0) is 21.4. The molecule has 0 aromatic heterocycles. The largest absolute Gasteiger partial charge is 0.465 e. The molecule has 0 N–H and O–H groups in total. The standard InChI is InChI=1S/C21H24FNO3S.C2H6/c1-4-25-20(24)21(2,27-3)13-16-12-19(23-26-16)17-10-9-15(11-18(17)22)8-7-14-5-6-14;1-2/h9-11,14,16H,4-6,12-13H2,1-3H3;1-2H3. The van der Waals surface area contributed by atoms with Crippen LogP contribution in [0.4, 0.5) is 4.39 Å². The smallest absolute Gasteiger partial charge is 0.322 e. The fourth-order valence-corrected chi connectivity index (χ4v) is 3.48. The molecule has 0 amide bonds. The average molecular weight is 420 g/mol. The minimum atomic E-state index is -0.716. The van der Waals surface area contributed by atoms with Crippen molar-refractivity contribution in [3.05, 3.63) is 35.1 Å². The van der Waals surface area contributed by atoms with E-state index < -0.39 is 4.75 Å². The highest BCUT2D eigenvalue weighted by Crippen LogP contribution is 2.34. The third kappa shape index (κ3) is 6.24. The van der Waals surface area contributed by atoms with Gasteiger partial charge in [0.25, 0.3) is 0 Å². The number of hydrogen-bond donors (Lipinski definition) is 0. The number of halogens is 1. The molecule has 1 aromatic rings. The van der Waals surface area contributed by atoms with Crippen LogP contribution in [-0.2, 0) is 14.4 Å². The molecular formula is C23H30FNO3S. The van der Waals surface area contributed by atoms with Crippen molar-refractivity contribution in [2.75, 3.05) is 12.9 Å². The van der Waals surface area contributed by atoms with Gasteiger partial charge in [0.2, 0.25) is 0 Å². The Morgan fingerprint density at radius 2 is 2.14 bits per heavy atom. The Bertz CT molecular complexity index is 810. The molecule has 6 heteroatoms. The molecule has 1 saturated carbocycles. The second-order valence-electron chi connectivity index (χ2n) is 7.07. The molecule has 3 rings (SSSR count). The second-order valence-corrected chi connectivity index (χ2v) is 8.38. The Labute approximate surface area is 177 Å². The first kappa shape index (κ1) is 23.3. The van der Waals surface area contributed by atoms with Crippen molar-refractivity contribution in [2.24, 2.45) is 11.1 Å². The average Bonchev–Trinajstić information content (AvgIpc) is 3.45. The van der Waals surface area contributed by atoms with E-state index in [-0.39, 0.29) is 17.9 Å². The molecule has 0 spiro atoms. The maximum Gasteiger partial charge on any atom is 0.322 e. The summed E-state index contributed by atoms with van der Waals surface area (Å²) >= 11 is 1.43. The number of rotatable bonds is 6. The summed E-state index contributed by atoms with van der Waals surface area (Å²) in [5.74, 6) is 6.02. The van der Waals surface area contributed by atoms with Crippen molar-refractivity contribution in [3.63, 3.8) is 0 Å². The molecule has 158 valence electrons. The number of oxime groups is 1. The zero-order valence-electron chi connectivity index (χ0n) is 17.9. The van der Waals surface area contributed by atoms with Gasteiger partial charge in [-0.05, 0) is 51.1 Å². The van der Waals surface area contributed by atoms with Crippen molar-refractivity contribution in [3.8, 4) is 11.8 Å². The van der Waals surface area contributed by atoms with E-state index in [0.717, 1.165) is 12.8 Å². The van der Waals surface area contributed by atoms with Crippen LogP contribution in [0.3, 0.4) is 0 Å². The van der Waals surface area contributed by atoms with Gasteiger partial charge in [-0.2, -0.15) is 0 Å². The van der Waals surface area contributed by atoms with Gasteiger partial charge in [-0.1, -0.05) is 30.8 Å². The van der Waals surface area contributed by atoms with Crippen LogP contribution in [0.15, 0.2) is 23.4 Å². The fourth-order valence-electron chi connectivity index (χ4n) is 2.91. The SMILES string of the molecule is CC.CCOC(=O)C(C)(CC1CC(c2ccc(C#CC3CC3)cc2F)=NO1)SC. The van der Waals surface area contributed by atoms with Gasteiger partial charge in [-0.3, -0.25) is 4.79 Å². The number of nitrogens with zero attached hydrogens (tertiary/aromatic N) is 1. The molecule has 2 aliphatic rings. The number of thioether (sulfide) groups is 1. The molecule has 1 fully saturated rings. The summed E-state index contributed by atoms with van der Waals surface area (Å²) < 4.78 is 19.0. The van der Waals surface area contributed by atoms with E-state index >= 15 is 0 Å². The van der Waals surface area contributed by atoms with Crippen LogP contribution < -0.4 is 0 Å². The highest BCUT2D eigenvalue weighted by molar-refractivity contribution is 8.00. The third-order valence-corrected chi connectivity index (χ3v) is 6.02. The van der Waals surface area contributed by atoms with E-state index in [1.165, 1.54) is 17.8 Å². The third-order valence-electron chi connectivity index (χ3n) is 4.79. The lowest BCUT2D eigenvalue weighted by Gasteiger charge is -2.26. The minimum Gasteiger partial charge on any atom is -0.465 e. The molecule has 1 aliphatic heterocycles. The van der Waals surface area contributed by atoms with Crippen LogP contribution in [0.25, 0.3) is 0 Å². The Morgan fingerprint density at radius 3 is 2.72 bits per heavy atom. The Balaban J connectivity index is 0.00000145. The van der Waals surface area contributed by atoms with Gasteiger partial charge >= 0.3 is 5.97 Å². The highest BCUT2D eigenvalue weighted by Gasteiger charge is 2.39. The maximum absolute atomic E-state index is 14.5. The first-order valence-corrected chi connectivity index (χ1v) is 11.4. The van der Waals surface area contributed by atoms with Gasteiger partial charge in [-0.15, -0.1) is 11.8 Å². The van der Waals surface area contributed by atoms with Gasteiger partial charge in [0, 0.05) is 29.9 Å². The number of hydrogen-bond acceptors (Lipinski definition) is 5. The molecule has 1 heterocycles. The summed E-state index contributed by atoms with van der Waals surface area (Å²) in [6, 6.07) is 4.97. The van der Waals surface area contributed by atoms with Crippen molar-refractivity contribution < 1.29 is 18.8 Å². The van der Waals surface area contributed by atoms with Crippen molar-refractivity contribution in [1.29, 1.82) is 0 Å².